The molecule has 0 saturated carbocycles. The molecule has 0 bridgehead atoms. The maximum atomic E-state index is 14.0. The van der Waals surface area contributed by atoms with E-state index in [1.54, 1.807) is 0 Å². The van der Waals surface area contributed by atoms with Gasteiger partial charge in [0.2, 0.25) is 0 Å². The van der Waals surface area contributed by atoms with Crippen molar-refractivity contribution in [1.29, 1.82) is 0 Å². The van der Waals surface area contributed by atoms with Crippen LogP contribution in [-0.4, -0.2) is 70.9 Å². The minimum Gasteiger partial charge on any atom is -0.463 e. The topological polar surface area (TPSA) is 136 Å². The fourth-order valence-corrected chi connectivity index (χ4v) is 10.2. The summed E-state index contributed by atoms with van der Waals surface area (Å²) in [5, 5.41) is 17.7. The number of pyridine rings is 1. The third-order valence-corrected chi connectivity index (χ3v) is 13.0. The monoisotopic (exact) mass is 651 g/mol. The van der Waals surface area contributed by atoms with Crippen molar-refractivity contribution in [3.63, 3.8) is 0 Å². The Morgan fingerprint density at radius 1 is 0.894 bits per heavy atom. The molecule has 0 aliphatic rings. The Hall–Kier alpha value is -5.33. The number of hydrogen-bond donors (Lipinski definition) is 2. The molecular formula is C35H37N5O6Si. The van der Waals surface area contributed by atoms with Gasteiger partial charge in [0.25, 0.3) is 14.2 Å². The Morgan fingerprint density at radius 2 is 1.47 bits per heavy atom. The molecule has 5 aromatic rings. The molecule has 242 valence electrons. The van der Waals surface area contributed by atoms with Crippen molar-refractivity contribution < 1.29 is 28.7 Å². The molecule has 0 aliphatic carbocycles. The number of likely N-dealkylation sites (N-methyl/N-ethyl adjacent to an activating group) is 1. The number of hydrogen-bond acceptors (Lipinski definition) is 7. The Morgan fingerprint density at radius 3 is 2.02 bits per heavy atom. The van der Waals surface area contributed by atoms with Crippen molar-refractivity contribution in [2.75, 3.05) is 19.0 Å². The molecule has 11 nitrogen and oxygen atoms in total. The summed E-state index contributed by atoms with van der Waals surface area (Å²) < 4.78 is 13.5. The largest absolute Gasteiger partial charge is 0.463 e. The number of carboxylic acid groups (broad SMARTS) is 1. The maximum Gasteiger partial charge on any atom is 0.432 e. The zero-order valence-electron chi connectivity index (χ0n) is 26.7. The lowest BCUT2D eigenvalue weighted by molar-refractivity contribution is -0.121. The Balaban J connectivity index is 1.48. The number of carbonyl (C=O) groups excluding carboxylic acids is 2. The van der Waals surface area contributed by atoms with Gasteiger partial charge in [-0.3, -0.25) is 9.69 Å². The van der Waals surface area contributed by atoms with Gasteiger partial charge >= 0.3 is 12.2 Å². The first-order valence-electron chi connectivity index (χ1n) is 15.1. The highest BCUT2D eigenvalue weighted by Crippen LogP contribution is 2.37. The van der Waals surface area contributed by atoms with Crippen molar-refractivity contribution in [3.05, 3.63) is 115 Å². The van der Waals surface area contributed by atoms with Crippen molar-refractivity contribution in [2.45, 2.75) is 38.5 Å². The molecule has 3 aromatic carbocycles. The number of fused-ring (bicyclic) bond motifs is 1. The van der Waals surface area contributed by atoms with Crippen LogP contribution in [0.1, 0.15) is 26.3 Å². The van der Waals surface area contributed by atoms with Gasteiger partial charge in [-0.1, -0.05) is 112 Å². The minimum absolute atomic E-state index is 0.0275. The van der Waals surface area contributed by atoms with Gasteiger partial charge in [0.1, 0.15) is 24.0 Å². The average Bonchev–Trinajstić information content (AvgIpc) is 3.50. The Kier molecular flexibility index (Phi) is 9.82. The lowest BCUT2D eigenvalue weighted by atomic mass is 10.2. The second kappa shape index (κ2) is 14.0. The third-order valence-electron chi connectivity index (χ3n) is 8.00. The minimum atomic E-state index is -3.09. The maximum absolute atomic E-state index is 14.0. The van der Waals surface area contributed by atoms with Gasteiger partial charge in [0.15, 0.2) is 0 Å². The predicted molar refractivity (Wildman–Crippen MR) is 181 cm³/mol. The second-order valence-corrected chi connectivity index (χ2v) is 16.4. The highest BCUT2D eigenvalue weighted by atomic mass is 28.4. The first-order chi connectivity index (χ1) is 22.5. The third kappa shape index (κ3) is 7.08. The summed E-state index contributed by atoms with van der Waals surface area (Å²) in [4.78, 5) is 44.6. The van der Waals surface area contributed by atoms with Crippen LogP contribution < -0.4 is 15.7 Å². The summed E-state index contributed by atoms with van der Waals surface area (Å²) in [7, 11) is -1.59. The lowest BCUT2D eigenvalue weighted by Crippen LogP contribution is -2.67. The van der Waals surface area contributed by atoms with Gasteiger partial charge in [-0.25, -0.2) is 14.6 Å². The average molecular weight is 652 g/mol. The van der Waals surface area contributed by atoms with E-state index in [0.29, 0.717) is 0 Å². The number of carbonyl (C=O) groups is 3. The summed E-state index contributed by atoms with van der Waals surface area (Å²) in [6.07, 6.45) is -0.656. The first-order valence-corrected chi connectivity index (χ1v) is 17.0. The molecule has 0 fully saturated rings. The molecule has 1 unspecified atom stereocenters. The molecule has 2 N–H and O–H groups in total. The highest BCUT2D eigenvalue weighted by molar-refractivity contribution is 6.99. The molecule has 0 spiro atoms. The molecule has 1 atom stereocenters. The van der Waals surface area contributed by atoms with Gasteiger partial charge in [0, 0.05) is 7.05 Å². The van der Waals surface area contributed by atoms with Crippen molar-refractivity contribution in [3.8, 4) is 0 Å². The first kappa shape index (κ1) is 33.0. The van der Waals surface area contributed by atoms with Crippen LogP contribution in [0.15, 0.2) is 109 Å². The fraction of sp³-hybridized carbons (Fsp3) is 0.229. The molecule has 2 amide bonds. The number of nitrogens with zero attached hydrogens (tertiary/aromatic N) is 4. The Labute approximate surface area is 273 Å². The second-order valence-electron chi connectivity index (χ2n) is 12.1. The van der Waals surface area contributed by atoms with Crippen molar-refractivity contribution >= 4 is 53.6 Å². The number of rotatable bonds is 10. The summed E-state index contributed by atoms with van der Waals surface area (Å²) in [6, 6.07) is 31.1. The molecule has 2 aromatic heterocycles. The summed E-state index contributed by atoms with van der Waals surface area (Å²) in [5.41, 5.74) is 1.35. The van der Waals surface area contributed by atoms with Crippen molar-refractivity contribution in [1.82, 2.24) is 19.7 Å². The van der Waals surface area contributed by atoms with Crippen LogP contribution in [0.4, 0.5) is 15.4 Å². The van der Waals surface area contributed by atoms with Crippen LogP contribution >= 0.6 is 0 Å². The highest BCUT2D eigenvalue weighted by Gasteiger charge is 2.51. The summed E-state index contributed by atoms with van der Waals surface area (Å²) in [6.45, 7) is 6.27. The Bertz CT molecular complexity index is 1810. The normalized spacial score (nSPS) is 12.3. The number of anilines is 1. The van der Waals surface area contributed by atoms with E-state index in [1.165, 1.54) is 30.3 Å². The smallest absolute Gasteiger partial charge is 0.432 e. The zero-order valence-corrected chi connectivity index (χ0v) is 27.7. The van der Waals surface area contributed by atoms with E-state index in [-0.39, 0.29) is 35.1 Å². The van der Waals surface area contributed by atoms with Crippen LogP contribution in [0.25, 0.3) is 11.0 Å². The molecule has 47 heavy (non-hydrogen) atoms. The van der Waals surface area contributed by atoms with E-state index in [0.717, 1.165) is 20.6 Å². The fourth-order valence-electron chi connectivity index (χ4n) is 5.63. The number of amides is 2. The van der Waals surface area contributed by atoms with Crippen LogP contribution in [-0.2, 0) is 20.6 Å². The predicted octanol–water partition coefficient (Wildman–Crippen LogP) is 5.11. The number of aromatic nitrogens is 3. The van der Waals surface area contributed by atoms with E-state index < -0.39 is 32.5 Å². The van der Waals surface area contributed by atoms with Crippen LogP contribution in [0.5, 0.6) is 0 Å². The number of benzene rings is 3. The molecule has 12 heteroatoms. The van der Waals surface area contributed by atoms with E-state index in [2.05, 4.69) is 36.2 Å². The summed E-state index contributed by atoms with van der Waals surface area (Å²) >= 11 is 0. The van der Waals surface area contributed by atoms with Gasteiger partial charge in [-0.15, -0.1) is 0 Å². The number of nitrogens with one attached hydrogen (secondary N) is 1. The lowest BCUT2D eigenvalue weighted by Gasteiger charge is -2.44. The number of ether oxygens (including phenoxy) is 1. The molecule has 2 heterocycles. The van der Waals surface area contributed by atoms with Gasteiger partial charge < -0.3 is 19.6 Å². The molecule has 0 radical (unpaired) electrons. The van der Waals surface area contributed by atoms with Gasteiger partial charge in [-0.2, -0.15) is 9.78 Å². The van der Waals surface area contributed by atoms with E-state index in [1.807, 2.05) is 91.0 Å². The van der Waals surface area contributed by atoms with Gasteiger partial charge in [-0.05, 0) is 33.1 Å². The summed E-state index contributed by atoms with van der Waals surface area (Å²) in [5.74, 6) is -0.395. The van der Waals surface area contributed by atoms with E-state index in [4.69, 9.17) is 9.16 Å². The standard InChI is InChI=1S/C35H37N5O6Si/c1-35(2,3)47(26-16-10-6-11-17-26,27-18-12-7-13-19-27)46-24-30(39(4)34(44)45-23-25-14-8-5-9-15-25)32(41)38-31-21-20-29-28(37-31)22-36-40(29)33(42)43/h5-22,30H,23-24H2,1-4H3,(H,42,43)(H,37,38,41). The molecule has 0 saturated heterocycles. The van der Waals surface area contributed by atoms with Crippen molar-refractivity contribution in [2.24, 2.45) is 0 Å². The quantitative estimate of drug-likeness (QED) is 0.199. The SMILES string of the molecule is CN(C(=O)OCc1ccccc1)C(CO[Si](c1ccccc1)(c1ccccc1)C(C)(C)C)C(=O)Nc1ccc2c(cnn2C(=O)O)n1. The van der Waals surface area contributed by atoms with Crippen LogP contribution in [0, 0.1) is 0 Å². The van der Waals surface area contributed by atoms with Gasteiger partial charge in [0.05, 0.1) is 18.3 Å². The molecule has 0 aliphatic heterocycles. The zero-order chi connectivity index (χ0) is 33.6. The van der Waals surface area contributed by atoms with E-state index >= 15 is 0 Å². The van der Waals surface area contributed by atoms with Crippen LogP contribution in [0.2, 0.25) is 5.04 Å². The van der Waals surface area contributed by atoms with E-state index in [9.17, 15) is 19.5 Å². The molecular weight excluding hydrogens is 615 g/mol. The molecule has 5 rings (SSSR count). The van der Waals surface area contributed by atoms with Crippen LogP contribution in [0.3, 0.4) is 0 Å².